The molecule has 0 atom stereocenters. The van der Waals surface area contributed by atoms with E-state index in [9.17, 15) is 19.5 Å². The number of carboxylic acids is 1. The van der Waals surface area contributed by atoms with Gasteiger partial charge in [0, 0.05) is 17.9 Å². The number of carboxylic acid groups (broad SMARTS) is 1. The van der Waals surface area contributed by atoms with Crippen LogP contribution in [-0.2, 0) is 9.53 Å². The number of carbonyl (C=O) groups excluding carboxylic acids is 2. The van der Waals surface area contributed by atoms with Gasteiger partial charge in [0.1, 0.15) is 6.61 Å². The van der Waals surface area contributed by atoms with Crippen LogP contribution in [-0.4, -0.2) is 35.2 Å². The summed E-state index contributed by atoms with van der Waals surface area (Å²) in [6.45, 7) is 3.84. The third-order valence-corrected chi connectivity index (χ3v) is 6.19. The first-order chi connectivity index (χ1) is 16.7. The Hall–Kier alpha value is -4.13. The fraction of sp³-hybridized carbons (Fsp3) is 0.250. The van der Waals surface area contributed by atoms with Gasteiger partial charge in [-0.3, -0.25) is 4.79 Å². The highest BCUT2D eigenvalue weighted by Crippen LogP contribution is 2.44. The van der Waals surface area contributed by atoms with E-state index in [1.54, 1.807) is 18.2 Å². The molecule has 180 valence electrons. The quantitative estimate of drug-likeness (QED) is 0.406. The number of ether oxygens (including phenoxy) is 1. The molecule has 0 aliphatic heterocycles. The van der Waals surface area contributed by atoms with E-state index in [2.05, 4.69) is 34.9 Å². The maximum atomic E-state index is 12.6. The molecule has 1 aliphatic carbocycles. The molecule has 0 spiro atoms. The van der Waals surface area contributed by atoms with Crippen molar-refractivity contribution >= 4 is 23.7 Å². The molecule has 1 aliphatic rings. The molecular weight excluding hydrogens is 444 g/mol. The summed E-state index contributed by atoms with van der Waals surface area (Å²) in [4.78, 5) is 36.3. The first-order valence-corrected chi connectivity index (χ1v) is 11.5. The molecule has 0 saturated carbocycles. The molecule has 3 aromatic rings. The van der Waals surface area contributed by atoms with Gasteiger partial charge in [-0.25, -0.2) is 9.59 Å². The van der Waals surface area contributed by atoms with Crippen molar-refractivity contribution < 1.29 is 24.2 Å². The van der Waals surface area contributed by atoms with E-state index in [4.69, 9.17) is 4.74 Å². The minimum atomic E-state index is -1.11. The lowest BCUT2D eigenvalue weighted by Gasteiger charge is -2.26. The van der Waals surface area contributed by atoms with Crippen LogP contribution in [0.1, 0.15) is 54.1 Å². The van der Waals surface area contributed by atoms with Crippen LogP contribution in [0.4, 0.5) is 10.5 Å². The van der Waals surface area contributed by atoms with Crippen molar-refractivity contribution in [3.63, 3.8) is 0 Å². The number of carbonyl (C=O) groups is 3. The third-order valence-electron chi connectivity index (χ3n) is 6.19. The lowest BCUT2D eigenvalue weighted by molar-refractivity contribution is -0.116. The van der Waals surface area contributed by atoms with Gasteiger partial charge >= 0.3 is 12.1 Å². The average molecular weight is 473 g/mol. The summed E-state index contributed by atoms with van der Waals surface area (Å²) >= 11 is 0. The number of aromatic carboxylic acids is 1. The van der Waals surface area contributed by atoms with Crippen LogP contribution in [0.3, 0.4) is 0 Å². The highest BCUT2D eigenvalue weighted by molar-refractivity contribution is 6.00. The average Bonchev–Trinajstić information content (AvgIpc) is 3.15. The van der Waals surface area contributed by atoms with Crippen molar-refractivity contribution in [3.05, 3.63) is 89.5 Å². The lowest BCUT2D eigenvalue weighted by Crippen LogP contribution is -2.44. The number of rotatable bonds is 8. The first-order valence-electron chi connectivity index (χ1n) is 11.5. The molecule has 0 radical (unpaired) electrons. The molecular formula is C28H28N2O5. The van der Waals surface area contributed by atoms with Crippen LogP contribution in [0.2, 0.25) is 0 Å². The van der Waals surface area contributed by atoms with E-state index in [0.717, 1.165) is 22.3 Å². The minimum absolute atomic E-state index is 0.0249. The van der Waals surface area contributed by atoms with Crippen LogP contribution in [0, 0.1) is 0 Å². The SMILES string of the molecule is CC(C)(CCC(=O)Nc1ccccc1C(=O)O)NC(=O)OCC1c2ccccc2-c2ccccc21. The van der Waals surface area contributed by atoms with Gasteiger partial charge < -0.3 is 20.5 Å². The Bertz CT molecular complexity index is 1220. The van der Waals surface area contributed by atoms with Crippen molar-refractivity contribution in [1.29, 1.82) is 0 Å². The standard InChI is InChI=1S/C28H28N2O5/c1-28(2,16-15-25(31)29-24-14-8-7-13-22(24)26(32)33)30-27(34)35-17-23-20-11-5-3-9-18(20)19-10-4-6-12-21(19)23/h3-14,23H,15-17H2,1-2H3,(H,29,31)(H,30,34)(H,32,33). The topological polar surface area (TPSA) is 105 Å². The fourth-order valence-corrected chi connectivity index (χ4v) is 4.39. The Balaban J connectivity index is 1.31. The Kier molecular flexibility index (Phi) is 6.87. The van der Waals surface area contributed by atoms with E-state index in [0.29, 0.717) is 6.42 Å². The zero-order chi connectivity index (χ0) is 25.0. The number of amides is 2. The molecule has 3 aromatic carbocycles. The van der Waals surface area contributed by atoms with Gasteiger partial charge in [0.2, 0.25) is 5.91 Å². The second-order valence-electron chi connectivity index (χ2n) is 9.23. The van der Waals surface area contributed by atoms with Crippen LogP contribution in [0.5, 0.6) is 0 Å². The second kappa shape index (κ2) is 10.0. The Morgan fingerprint density at radius 1 is 0.886 bits per heavy atom. The first kappa shape index (κ1) is 24.0. The molecule has 2 amide bonds. The third kappa shape index (κ3) is 5.51. The minimum Gasteiger partial charge on any atom is -0.478 e. The van der Waals surface area contributed by atoms with E-state index in [-0.39, 0.29) is 36.1 Å². The number of nitrogens with one attached hydrogen (secondary N) is 2. The van der Waals surface area contributed by atoms with Gasteiger partial charge in [0.15, 0.2) is 0 Å². The van der Waals surface area contributed by atoms with Crippen LogP contribution in [0.15, 0.2) is 72.8 Å². The highest BCUT2D eigenvalue weighted by atomic mass is 16.5. The molecule has 7 nitrogen and oxygen atoms in total. The van der Waals surface area contributed by atoms with Crippen LogP contribution in [0.25, 0.3) is 11.1 Å². The van der Waals surface area contributed by atoms with Crippen molar-refractivity contribution in [1.82, 2.24) is 5.32 Å². The maximum Gasteiger partial charge on any atom is 0.407 e. The summed E-state index contributed by atoms with van der Waals surface area (Å²) in [7, 11) is 0. The lowest BCUT2D eigenvalue weighted by atomic mass is 9.98. The van der Waals surface area contributed by atoms with Gasteiger partial charge in [0.05, 0.1) is 11.3 Å². The van der Waals surface area contributed by atoms with Crippen LogP contribution < -0.4 is 10.6 Å². The van der Waals surface area contributed by atoms with Gasteiger partial charge in [-0.05, 0) is 54.7 Å². The number of hydrogen-bond donors (Lipinski definition) is 3. The Labute approximate surface area is 204 Å². The van der Waals surface area contributed by atoms with E-state index in [1.165, 1.54) is 6.07 Å². The predicted molar refractivity (Wildman–Crippen MR) is 134 cm³/mol. The van der Waals surface area contributed by atoms with E-state index < -0.39 is 17.6 Å². The number of benzene rings is 3. The summed E-state index contributed by atoms with van der Waals surface area (Å²) in [5.74, 6) is -1.48. The number of fused-ring (bicyclic) bond motifs is 3. The summed E-state index contributed by atoms with van der Waals surface area (Å²) in [6.07, 6.45) is -0.100. The van der Waals surface area contributed by atoms with Gasteiger partial charge in [0.25, 0.3) is 0 Å². The molecule has 0 bridgehead atoms. The van der Waals surface area contributed by atoms with E-state index >= 15 is 0 Å². The van der Waals surface area contributed by atoms with Gasteiger partial charge in [-0.2, -0.15) is 0 Å². The van der Waals surface area contributed by atoms with Crippen molar-refractivity contribution in [2.24, 2.45) is 0 Å². The smallest absolute Gasteiger partial charge is 0.407 e. The molecule has 0 saturated heterocycles. The molecule has 35 heavy (non-hydrogen) atoms. The van der Waals surface area contributed by atoms with Crippen LogP contribution >= 0.6 is 0 Å². The van der Waals surface area contributed by atoms with Gasteiger partial charge in [-0.1, -0.05) is 60.7 Å². The number of anilines is 1. The predicted octanol–water partition coefficient (Wildman–Crippen LogP) is 5.42. The second-order valence-corrected chi connectivity index (χ2v) is 9.23. The van der Waals surface area contributed by atoms with Crippen molar-refractivity contribution in [2.75, 3.05) is 11.9 Å². The van der Waals surface area contributed by atoms with Crippen molar-refractivity contribution in [2.45, 2.75) is 38.1 Å². The maximum absolute atomic E-state index is 12.6. The molecule has 0 heterocycles. The zero-order valence-corrected chi connectivity index (χ0v) is 19.7. The summed E-state index contributed by atoms with van der Waals surface area (Å²) in [5.41, 5.74) is 4.16. The Morgan fingerprint density at radius 2 is 1.46 bits per heavy atom. The zero-order valence-electron chi connectivity index (χ0n) is 19.7. The number of alkyl carbamates (subject to hydrolysis) is 1. The molecule has 0 fully saturated rings. The monoisotopic (exact) mass is 472 g/mol. The highest BCUT2D eigenvalue weighted by Gasteiger charge is 2.30. The molecule has 4 rings (SSSR count). The van der Waals surface area contributed by atoms with Crippen molar-refractivity contribution in [3.8, 4) is 11.1 Å². The molecule has 0 unspecified atom stereocenters. The molecule has 3 N–H and O–H groups in total. The summed E-state index contributed by atoms with van der Waals surface area (Å²) in [5, 5.41) is 14.7. The Morgan fingerprint density at radius 3 is 2.09 bits per heavy atom. The number of para-hydroxylation sites is 1. The summed E-state index contributed by atoms with van der Waals surface area (Å²) < 4.78 is 5.60. The van der Waals surface area contributed by atoms with E-state index in [1.807, 2.05) is 38.1 Å². The fourth-order valence-electron chi connectivity index (χ4n) is 4.39. The molecule has 0 aromatic heterocycles. The largest absolute Gasteiger partial charge is 0.478 e. The van der Waals surface area contributed by atoms with Gasteiger partial charge in [-0.15, -0.1) is 0 Å². The summed E-state index contributed by atoms with van der Waals surface area (Å²) in [6, 6.07) is 22.5. The normalized spacial score (nSPS) is 12.4. The number of hydrogen-bond acceptors (Lipinski definition) is 4. The molecule has 7 heteroatoms.